The standard InChI is InChI=1S/C14H13FN2O2S/c1-2-19-14(18)12-7-10(16)8-17-13(12)20-11-5-3-9(15)4-6-11/h3-8H,2,16H2,1H3. The molecule has 0 saturated heterocycles. The molecular weight excluding hydrogens is 279 g/mol. The van der Waals surface area contributed by atoms with Crippen LogP contribution in [-0.4, -0.2) is 17.6 Å². The third kappa shape index (κ3) is 3.48. The van der Waals surface area contributed by atoms with Gasteiger partial charge in [0.2, 0.25) is 0 Å². The minimum absolute atomic E-state index is 0.272. The van der Waals surface area contributed by atoms with Crippen LogP contribution < -0.4 is 5.73 Å². The highest BCUT2D eigenvalue weighted by atomic mass is 32.2. The number of benzene rings is 1. The number of nitrogens with zero attached hydrogens (tertiary/aromatic N) is 1. The quantitative estimate of drug-likeness (QED) is 0.877. The van der Waals surface area contributed by atoms with Crippen LogP contribution in [0, 0.1) is 5.82 Å². The molecular formula is C14H13FN2O2S. The number of aromatic nitrogens is 1. The number of pyridine rings is 1. The molecule has 6 heteroatoms. The zero-order valence-corrected chi connectivity index (χ0v) is 11.6. The van der Waals surface area contributed by atoms with Gasteiger partial charge in [-0.1, -0.05) is 11.8 Å². The summed E-state index contributed by atoms with van der Waals surface area (Å²) >= 11 is 1.25. The van der Waals surface area contributed by atoms with Crippen LogP contribution in [0.1, 0.15) is 17.3 Å². The lowest BCUT2D eigenvalue weighted by atomic mass is 10.2. The fraction of sp³-hybridized carbons (Fsp3) is 0.143. The Morgan fingerprint density at radius 1 is 1.40 bits per heavy atom. The summed E-state index contributed by atoms with van der Waals surface area (Å²) in [6.07, 6.45) is 1.47. The Hall–Kier alpha value is -2.08. The largest absolute Gasteiger partial charge is 0.462 e. The van der Waals surface area contributed by atoms with E-state index in [-0.39, 0.29) is 12.4 Å². The van der Waals surface area contributed by atoms with E-state index >= 15 is 0 Å². The SMILES string of the molecule is CCOC(=O)c1cc(N)cnc1Sc1ccc(F)cc1. The Kier molecular flexibility index (Phi) is 4.57. The molecule has 1 aromatic heterocycles. The van der Waals surface area contributed by atoms with E-state index in [2.05, 4.69) is 4.98 Å². The molecule has 1 heterocycles. The molecule has 0 unspecified atom stereocenters. The molecule has 0 aliphatic rings. The van der Waals surface area contributed by atoms with Crippen LogP contribution in [-0.2, 0) is 4.74 Å². The summed E-state index contributed by atoms with van der Waals surface area (Å²) in [5, 5.41) is 0.476. The summed E-state index contributed by atoms with van der Waals surface area (Å²) in [6, 6.07) is 7.46. The van der Waals surface area contributed by atoms with E-state index in [9.17, 15) is 9.18 Å². The Labute approximate surface area is 120 Å². The number of anilines is 1. The molecule has 2 rings (SSSR count). The second-order valence-corrected chi connectivity index (χ2v) is 4.96. The van der Waals surface area contributed by atoms with E-state index in [1.807, 2.05) is 0 Å². The minimum atomic E-state index is -0.475. The van der Waals surface area contributed by atoms with Gasteiger partial charge in [-0.25, -0.2) is 14.2 Å². The van der Waals surface area contributed by atoms with Crippen LogP contribution in [0.15, 0.2) is 46.5 Å². The van der Waals surface area contributed by atoms with Crippen LogP contribution in [0.5, 0.6) is 0 Å². The topological polar surface area (TPSA) is 65.2 Å². The molecule has 0 radical (unpaired) electrons. The molecule has 4 nitrogen and oxygen atoms in total. The maximum atomic E-state index is 12.9. The second-order valence-electron chi connectivity index (χ2n) is 3.90. The van der Waals surface area contributed by atoms with Crippen molar-refractivity contribution >= 4 is 23.4 Å². The lowest BCUT2D eigenvalue weighted by molar-refractivity contribution is 0.0521. The number of carbonyl (C=O) groups excluding carboxylic acids is 1. The molecule has 20 heavy (non-hydrogen) atoms. The van der Waals surface area contributed by atoms with E-state index in [0.717, 1.165) is 4.90 Å². The maximum Gasteiger partial charge on any atom is 0.340 e. The number of esters is 1. The summed E-state index contributed by atoms with van der Waals surface area (Å²) in [7, 11) is 0. The molecule has 0 spiro atoms. The first-order valence-electron chi connectivity index (χ1n) is 5.96. The van der Waals surface area contributed by atoms with Crippen molar-refractivity contribution in [3.63, 3.8) is 0 Å². The highest BCUT2D eigenvalue weighted by Crippen LogP contribution is 2.30. The Balaban J connectivity index is 2.31. The number of halogens is 1. The Bertz CT molecular complexity index is 617. The fourth-order valence-corrected chi connectivity index (χ4v) is 2.37. The van der Waals surface area contributed by atoms with E-state index < -0.39 is 5.97 Å². The van der Waals surface area contributed by atoms with Gasteiger partial charge in [-0.05, 0) is 37.3 Å². The Morgan fingerprint density at radius 3 is 2.75 bits per heavy atom. The summed E-state index contributed by atoms with van der Waals surface area (Å²) in [5.41, 5.74) is 6.34. The van der Waals surface area contributed by atoms with Gasteiger partial charge in [-0.3, -0.25) is 0 Å². The third-order valence-electron chi connectivity index (χ3n) is 2.40. The van der Waals surface area contributed by atoms with Crippen molar-refractivity contribution in [2.75, 3.05) is 12.3 Å². The van der Waals surface area contributed by atoms with E-state index in [1.165, 1.54) is 36.2 Å². The van der Waals surface area contributed by atoms with Crippen molar-refractivity contribution in [3.05, 3.63) is 47.9 Å². The molecule has 0 amide bonds. The molecule has 0 aliphatic heterocycles. The van der Waals surface area contributed by atoms with Crippen molar-refractivity contribution in [1.82, 2.24) is 4.98 Å². The first kappa shape index (κ1) is 14.3. The normalized spacial score (nSPS) is 10.3. The van der Waals surface area contributed by atoms with E-state index in [4.69, 9.17) is 10.5 Å². The van der Waals surface area contributed by atoms with Crippen molar-refractivity contribution in [2.24, 2.45) is 0 Å². The number of hydrogen-bond acceptors (Lipinski definition) is 5. The van der Waals surface area contributed by atoms with Crippen molar-refractivity contribution in [2.45, 2.75) is 16.8 Å². The molecule has 0 saturated carbocycles. The van der Waals surface area contributed by atoms with Crippen LogP contribution >= 0.6 is 11.8 Å². The highest BCUT2D eigenvalue weighted by Gasteiger charge is 2.15. The molecule has 2 N–H and O–H groups in total. The molecule has 1 aromatic carbocycles. The van der Waals surface area contributed by atoms with Gasteiger partial charge in [0.15, 0.2) is 0 Å². The number of hydrogen-bond donors (Lipinski definition) is 1. The van der Waals surface area contributed by atoms with Crippen LogP contribution in [0.25, 0.3) is 0 Å². The Morgan fingerprint density at radius 2 is 2.10 bits per heavy atom. The zero-order valence-electron chi connectivity index (χ0n) is 10.8. The average Bonchev–Trinajstić information content (AvgIpc) is 2.43. The lowest BCUT2D eigenvalue weighted by Crippen LogP contribution is -2.08. The minimum Gasteiger partial charge on any atom is -0.462 e. The zero-order chi connectivity index (χ0) is 14.5. The molecule has 0 bridgehead atoms. The van der Waals surface area contributed by atoms with Crippen molar-refractivity contribution in [1.29, 1.82) is 0 Å². The van der Waals surface area contributed by atoms with E-state index in [0.29, 0.717) is 16.3 Å². The van der Waals surface area contributed by atoms with Crippen molar-refractivity contribution < 1.29 is 13.9 Å². The summed E-state index contributed by atoms with van der Waals surface area (Å²) in [4.78, 5) is 16.8. The number of ether oxygens (including phenoxy) is 1. The molecule has 104 valence electrons. The lowest BCUT2D eigenvalue weighted by Gasteiger charge is -2.08. The predicted molar refractivity (Wildman–Crippen MR) is 75.1 cm³/mol. The number of nitrogen functional groups attached to an aromatic ring is 1. The maximum absolute atomic E-state index is 12.9. The molecule has 0 atom stereocenters. The van der Waals surface area contributed by atoms with Gasteiger partial charge >= 0.3 is 5.97 Å². The summed E-state index contributed by atoms with van der Waals surface area (Å²) in [5.74, 6) is -0.790. The van der Waals surface area contributed by atoms with Gasteiger partial charge in [0.25, 0.3) is 0 Å². The first-order valence-corrected chi connectivity index (χ1v) is 6.78. The molecule has 0 fully saturated rings. The number of carbonyl (C=O) groups is 1. The smallest absolute Gasteiger partial charge is 0.340 e. The van der Waals surface area contributed by atoms with Gasteiger partial charge in [-0.15, -0.1) is 0 Å². The number of rotatable bonds is 4. The second kappa shape index (κ2) is 6.38. The van der Waals surface area contributed by atoms with Gasteiger partial charge in [0.1, 0.15) is 10.8 Å². The molecule has 2 aromatic rings. The number of nitrogens with two attached hydrogens (primary N) is 1. The van der Waals surface area contributed by atoms with Crippen LogP contribution in [0.4, 0.5) is 10.1 Å². The summed E-state index contributed by atoms with van der Waals surface area (Å²) < 4.78 is 17.8. The van der Waals surface area contributed by atoms with Gasteiger partial charge in [0, 0.05) is 4.90 Å². The van der Waals surface area contributed by atoms with Crippen LogP contribution in [0.3, 0.4) is 0 Å². The van der Waals surface area contributed by atoms with Gasteiger partial charge < -0.3 is 10.5 Å². The monoisotopic (exact) mass is 292 g/mol. The van der Waals surface area contributed by atoms with E-state index in [1.54, 1.807) is 19.1 Å². The molecule has 0 aliphatic carbocycles. The van der Waals surface area contributed by atoms with Gasteiger partial charge in [0.05, 0.1) is 24.1 Å². The summed E-state index contributed by atoms with van der Waals surface area (Å²) in [6.45, 7) is 2.00. The third-order valence-corrected chi connectivity index (χ3v) is 3.42. The first-order chi connectivity index (χ1) is 9.60. The fourth-order valence-electron chi connectivity index (χ4n) is 1.52. The van der Waals surface area contributed by atoms with Crippen LogP contribution in [0.2, 0.25) is 0 Å². The average molecular weight is 292 g/mol. The predicted octanol–water partition coefficient (Wildman–Crippen LogP) is 3.13. The van der Waals surface area contributed by atoms with Gasteiger partial charge in [-0.2, -0.15) is 0 Å². The van der Waals surface area contributed by atoms with Crippen molar-refractivity contribution in [3.8, 4) is 0 Å². The highest BCUT2D eigenvalue weighted by molar-refractivity contribution is 7.99.